The summed E-state index contributed by atoms with van der Waals surface area (Å²) in [6.07, 6.45) is 3.63. The van der Waals surface area contributed by atoms with Crippen molar-refractivity contribution in [3.63, 3.8) is 0 Å². The number of hydrogen-bond acceptors (Lipinski definition) is 3. The molecule has 1 heterocycles. The molecule has 0 aliphatic heterocycles. The zero-order chi connectivity index (χ0) is 8.27. The lowest BCUT2D eigenvalue weighted by atomic mass is 10.2. The number of pyridine rings is 1. The highest BCUT2D eigenvalue weighted by Crippen LogP contribution is 2.19. The van der Waals surface area contributed by atoms with Crippen molar-refractivity contribution in [2.45, 2.75) is 6.92 Å². The monoisotopic (exact) mass is 151 g/mol. The van der Waals surface area contributed by atoms with Gasteiger partial charge in [0.2, 0.25) is 0 Å². The van der Waals surface area contributed by atoms with Crippen molar-refractivity contribution in [3.8, 4) is 0 Å². The van der Waals surface area contributed by atoms with Crippen molar-refractivity contribution in [2.24, 2.45) is 0 Å². The molecule has 0 amide bonds. The van der Waals surface area contributed by atoms with Gasteiger partial charge < -0.3 is 10.6 Å². The predicted octanol–water partition coefficient (Wildman–Crippen LogP) is 1.47. The lowest BCUT2D eigenvalue weighted by Gasteiger charge is -2.08. The van der Waals surface area contributed by atoms with E-state index in [4.69, 9.17) is 0 Å². The molecule has 0 fully saturated rings. The van der Waals surface area contributed by atoms with Crippen LogP contribution in [0.25, 0.3) is 0 Å². The molecule has 0 aliphatic carbocycles. The van der Waals surface area contributed by atoms with E-state index >= 15 is 0 Å². The Morgan fingerprint density at radius 2 is 1.55 bits per heavy atom. The van der Waals surface area contributed by atoms with Gasteiger partial charge in [0.15, 0.2) is 0 Å². The maximum atomic E-state index is 4.06. The topological polar surface area (TPSA) is 37.0 Å². The van der Waals surface area contributed by atoms with Gasteiger partial charge in [0, 0.05) is 14.1 Å². The Kier molecular flexibility index (Phi) is 2.31. The third-order valence-electron chi connectivity index (χ3n) is 1.75. The van der Waals surface area contributed by atoms with Crippen molar-refractivity contribution < 1.29 is 0 Å². The summed E-state index contributed by atoms with van der Waals surface area (Å²) in [7, 11) is 3.78. The smallest absolute Gasteiger partial charge is 0.0574 e. The van der Waals surface area contributed by atoms with Crippen LogP contribution < -0.4 is 10.6 Å². The van der Waals surface area contributed by atoms with Crippen molar-refractivity contribution in [3.05, 3.63) is 18.0 Å². The third kappa shape index (κ3) is 1.42. The molecule has 0 bridgehead atoms. The molecule has 1 rings (SSSR count). The van der Waals surface area contributed by atoms with E-state index in [0.29, 0.717) is 0 Å². The summed E-state index contributed by atoms with van der Waals surface area (Å²) in [5.74, 6) is 0. The summed E-state index contributed by atoms with van der Waals surface area (Å²) in [5.41, 5.74) is 3.33. The lowest BCUT2D eigenvalue weighted by molar-refractivity contribution is 1.25. The van der Waals surface area contributed by atoms with Crippen molar-refractivity contribution in [2.75, 3.05) is 24.7 Å². The number of anilines is 2. The summed E-state index contributed by atoms with van der Waals surface area (Å²) in [5, 5.41) is 6.13. The Morgan fingerprint density at radius 1 is 1.09 bits per heavy atom. The Bertz CT molecular complexity index is 223. The van der Waals surface area contributed by atoms with Gasteiger partial charge >= 0.3 is 0 Å². The number of nitrogens with one attached hydrogen (secondary N) is 2. The van der Waals surface area contributed by atoms with Gasteiger partial charge in [-0.2, -0.15) is 0 Å². The molecule has 3 heteroatoms. The van der Waals surface area contributed by atoms with E-state index in [2.05, 4.69) is 22.5 Å². The molecule has 0 saturated carbocycles. The largest absolute Gasteiger partial charge is 0.387 e. The summed E-state index contributed by atoms with van der Waals surface area (Å²) >= 11 is 0. The van der Waals surface area contributed by atoms with Crippen molar-refractivity contribution >= 4 is 11.4 Å². The minimum atomic E-state index is 1.07. The van der Waals surface area contributed by atoms with Gasteiger partial charge in [-0.15, -0.1) is 0 Å². The van der Waals surface area contributed by atoms with E-state index in [1.54, 1.807) is 0 Å². The van der Waals surface area contributed by atoms with Crippen LogP contribution in [0.1, 0.15) is 5.56 Å². The summed E-state index contributed by atoms with van der Waals surface area (Å²) in [4.78, 5) is 4.06. The van der Waals surface area contributed by atoms with Gasteiger partial charge in [-0.1, -0.05) is 0 Å². The van der Waals surface area contributed by atoms with Gasteiger partial charge in [0.25, 0.3) is 0 Å². The molecule has 0 radical (unpaired) electrons. The molecule has 0 saturated heterocycles. The first-order valence-electron chi connectivity index (χ1n) is 3.59. The average Bonchev–Trinajstić information content (AvgIpc) is 2.05. The lowest BCUT2D eigenvalue weighted by Crippen LogP contribution is -1.98. The maximum absolute atomic E-state index is 4.06. The van der Waals surface area contributed by atoms with E-state index in [1.807, 2.05) is 26.5 Å². The predicted molar refractivity (Wildman–Crippen MR) is 48.1 cm³/mol. The van der Waals surface area contributed by atoms with E-state index in [9.17, 15) is 0 Å². The second-order valence-corrected chi connectivity index (χ2v) is 2.36. The summed E-state index contributed by atoms with van der Waals surface area (Å²) < 4.78 is 0. The molecule has 0 aliphatic rings. The van der Waals surface area contributed by atoms with E-state index in [1.165, 1.54) is 5.56 Å². The molecule has 60 valence electrons. The fourth-order valence-corrected chi connectivity index (χ4v) is 1.03. The number of aromatic nitrogens is 1. The third-order valence-corrected chi connectivity index (χ3v) is 1.75. The van der Waals surface area contributed by atoms with Crippen LogP contribution in [-0.4, -0.2) is 19.1 Å². The van der Waals surface area contributed by atoms with Gasteiger partial charge in [-0.3, -0.25) is 4.98 Å². The van der Waals surface area contributed by atoms with Gasteiger partial charge in [0.05, 0.1) is 23.8 Å². The Hall–Kier alpha value is -1.25. The highest BCUT2D eigenvalue weighted by atomic mass is 14.9. The highest BCUT2D eigenvalue weighted by Gasteiger charge is 1.99. The summed E-state index contributed by atoms with van der Waals surface area (Å²) in [6, 6.07) is 0. The van der Waals surface area contributed by atoms with E-state index in [0.717, 1.165) is 11.4 Å². The zero-order valence-electron chi connectivity index (χ0n) is 7.10. The first-order chi connectivity index (χ1) is 5.29. The van der Waals surface area contributed by atoms with Crippen LogP contribution in [0.15, 0.2) is 12.4 Å². The molecule has 0 spiro atoms. The SMILES string of the molecule is CNc1cncc(NC)c1C. The van der Waals surface area contributed by atoms with Crippen LogP contribution in [0.3, 0.4) is 0 Å². The molecule has 0 atom stereocenters. The standard InChI is InChI=1S/C8H13N3/c1-6-7(9-2)4-11-5-8(6)10-3/h4-5,9-10H,1-3H3. The fourth-order valence-electron chi connectivity index (χ4n) is 1.03. The van der Waals surface area contributed by atoms with Crippen LogP contribution in [0.5, 0.6) is 0 Å². The number of rotatable bonds is 2. The quantitative estimate of drug-likeness (QED) is 0.672. The Labute approximate surface area is 66.8 Å². The molecule has 1 aromatic rings. The highest BCUT2D eigenvalue weighted by molar-refractivity contribution is 5.62. The van der Waals surface area contributed by atoms with Crippen LogP contribution in [-0.2, 0) is 0 Å². The molecule has 1 aromatic heterocycles. The minimum absolute atomic E-state index is 1.07. The number of hydrogen-bond donors (Lipinski definition) is 2. The second-order valence-electron chi connectivity index (χ2n) is 2.36. The molecule has 2 N–H and O–H groups in total. The molecule has 3 nitrogen and oxygen atoms in total. The minimum Gasteiger partial charge on any atom is -0.387 e. The van der Waals surface area contributed by atoms with Gasteiger partial charge in [-0.25, -0.2) is 0 Å². The van der Waals surface area contributed by atoms with Crippen LogP contribution >= 0.6 is 0 Å². The van der Waals surface area contributed by atoms with E-state index in [-0.39, 0.29) is 0 Å². The first kappa shape index (κ1) is 7.85. The van der Waals surface area contributed by atoms with Crippen LogP contribution in [0.4, 0.5) is 11.4 Å². The van der Waals surface area contributed by atoms with Crippen molar-refractivity contribution in [1.29, 1.82) is 0 Å². The van der Waals surface area contributed by atoms with Crippen LogP contribution in [0, 0.1) is 6.92 Å². The average molecular weight is 151 g/mol. The Morgan fingerprint density at radius 3 is 1.91 bits per heavy atom. The second kappa shape index (κ2) is 3.23. The summed E-state index contributed by atoms with van der Waals surface area (Å²) in [6.45, 7) is 2.05. The van der Waals surface area contributed by atoms with Gasteiger partial charge in [0.1, 0.15) is 0 Å². The van der Waals surface area contributed by atoms with Crippen LogP contribution in [0.2, 0.25) is 0 Å². The number of nitrogens with zero attached hydrogens (tertiary/aromatic N) is 1. The molecule has 0 unspecified atom stereocenters. The van der Waals surface area contributed by atoms with Crippen molar-refractivity contribution in [1.82, 2.24) is 4.98 Å². The van der Waals surface area contributed by atoms with Gasteiger partial charge in [-0.05, 0) is 12.5 Å². The molecular weight excluding hydrogens is 138 g/mol. The van der Waals surface area contributed by atoms with E-state index < -0.39 is 0 Å². The molecular formula is C8H13N3. The normalized spacial score (nSPS) is 9.36. The zero-order valence-corrected chi connectivity index (χ0v) is 7.10. The fraction of sp³-hybridized carbons (Fsp3) is 0.375. The molecule has 11 heavy (non-hydrogen) atoms. The molecule has 0 aromatic carbocycles. The Balaban J connectivity index is 3.10. The maximum Gasteiger partial charge on any atom is 0.0574 e. The first-order valence-corrected chi connectivity index (χ1v) is 3.59.